The van der Waals surface area contributed by atoms with Crippen molar-refractivity contribution in [3.05, 3.63) is 18.6 Å². The number of aromatic nitrogens is 3. The molecule has 0 amide bonds. The molecular weight excluding hydrogens is 248 g/mol. The average molecular weight is 267 g/mol. The van der Waals surface area contributed by atoms with E-state index < -0.39 is 0 Å². The van der Waals surface area contributed by atoms with Crippen molar-refractivity contribution in [2.24, 2.45) is 7.05 Å². The van der Waals surface area contributed by atoms with E-state index in [-0.39, 0.29) is 0 Å². The number of imidazole rings is 1. The molecule has 2 aromatic rings. The number of hydrogen-bond donors (Lipinski definition) is 0. The molecule has 0 radical (unpaired) electrons. The third-order valence-electron chi connectivity index (χ3n) is 3.05. The van der Waals surface area contributed by atoms with Gasteiger partial charge in [0.05, 0.1) is 11.8 Å². The number of anilines is 1. The minimum atomic E-state index is 0.383. The molecule has 0 atom stereocenters. The first kappa shape index (κ1) is 13.1. The van der Waals surface area contributed by atoms with Crippen LogP contribution in [0.1, 0.15) is 20.3 Å². The molecule has 5 heteroatoms. The Hall–Kier alpha value is -1.29. The third kappa shape index (κ3) is 2.43. The number of pyridine rings is 1. The van der Waals surface area contributed by atoms with Gasteiger partial charge in [0, 0.05) is 31.7 Å². The zero-order valence-corrected chi connectivity index (χ0v) is 11.9. The highest BCUT2D eigenvalue weighted by atomic mass is 35.5. The molecule has 0 aliphatic carbocycles. The second kappa shape index (κ2) is 5.57. The Morgan fingerprint density at radius 3 is 2.83 bits per heavy atom. The zero-order valence-electron chi connectivity index (χ0n) is 11.1. The van der Waals surface area contributed by atoms with Gasteiger partial charge in [-0.05, 0) is 26.3 Å². The van der Waals surface area contributed by atoms with Gasteiger partial charge >= 0.3 is 0 Å². The molecule has 0 saturated heterocycles. The molecule has 4 nitrogen and oxygen atoms in total. The van der Waals surface area contributed by atoms with Gasteiger partial charge in [0.15, 0.2) is 5.82 Å². The standard InChI is InChI=1S/C13H19ClN4/c1-10(2)18(8-4-6-14)13-12-11(5-7-15-13)17(3)9-16-12/h5,7,9-10H,4,6,8H2,1-3H3. The van der Waals surface area contributed by atoms with Crippen molar-refractivity contribution in [2.45, 2.75) is 26.3 Å². The number of aryl methyl sites for hydroxylation is 1. The summed E-state index contributed by atoms with van der Waals surface area (Å²) in [7, 11) is 2.00. The molecule has 98 valence electrons. The van der Waals surface area contributed by atoms with Crippen molar-refractivity contribution in [3.63, 3.8) is 0 Å². The van der Waals surface area contributed by atoms with E-state index in [4.69, 9.17) is 11.6 Å². The van der Waals surface area contributed by atoms with Crippen LogP contribution in [0.5, 0.6) is 0 Å². The maximum Gasteiger partial charge on any atom is 0.156 e. The van der Waals surface area contributed by atoms with Gasteiger partial charge in [0.2, 0.25) is 0 Å². The summed E-state index contributed by atoms with van der Waals surface area (Å²) in [6.07, 6.45) is 4.62. The van der Waals surface area contributed by atoms with Crippen LogP contribution in [-0.2, 0) is 7.05 Å². The lowest BCUT2D eigenvalue weighted by Gasteiger charge is -2.27. The third-order valence-corrected chi connectivity index (χ3v) is 3.32. The van der Waals surface area contributed by atoms with E-state index in [2.05, 4.69) is 28.7 Å². The predicted octanol–water partition coefficient (Wildman–Crippen LogP) is 2.81. The first-order valence-electron chi connectivity index (χ1n) is 6.23. The topological polar surface area (TPSA) is 34.0 Å². The minimum absolute atomic E-state index is 0.383. The van der Waals surface area contributed by atoms with E-state index in [9.17, 15) is 0 Å². The Balaban J connectivity index is 2.43. The van der Waals surface area contributed by atoms with Crippen molar-refractivity contribution in [1.82, 2.24) is 14.5 Å². The van der Waals surface area contributed by atoms with Crippen molar-refractivity contribution in [3.8, 4) is 0 Å². The molecule has 0 unspecified atom stereocenters. The molecule has 0 saturated carbocycles. The number of fused-ring (bicyclic) bond motifs is 1. The first-order chi connectivity index (χ1) is 8.65. The van der Waals surface area contributed by atoms with E-state index >= 15 is 0 Å². The molecule has 0 aromatic carbocycles. The second-order valence-electron chi connectivity index (χ2n) is 4.69. The Kier molecular flexibility index (Phi) is 4.07. The van der Waals surface area contributed by atoms with Gasteiger partial charge in [-0.25, -0.2) is 9.97 Å². The van der Waals surface area contributed by atoms with Crippen LogP contribution in [0.4, 0.5) is 5.82 Å². The molecule has 2 heterocycles. The molecule has 2 rings (SSSR count). The second-order valence-corrected chi connectivity index (χ2v) is 5.07. The fourth-order valence-electron chi connectivity index (χ4n) is 2.10. The summed E-state index contributed by atoms with van der Waals surface area (Å²) in [5, 5.41) is 0. The summed E-state index contributed by atoms with van der Waals surface area (Å²) < 4.78 is 2.01. The lowest BCUT2D eigenvalue weighted by Crippen LogP contribution is -2.32. The highest BCUT2D eigenvalue weighted by molar-refractivity contribution is 6.17. The molecule has 0 aliphatic heterocycles. The van der Waals surface area contributed by atoms with Gasteiger partial charge in [-0.2, -0.15) is 0 Å². The Morgan fingerprint density at radius 1 is 1.39 bits per heavy atom. The summed E-state index contributed by atoms with van der Waals surface area (Å²) in [4.78, 5) is 11.2. The van der Waals surface area contributed by atoms with E-state index in [1.54, 1.807) is 0 Å². The molecule has 2 aromatic heterocycles. The van der Waals surface area contributed by atoms with Crippen molar-refractivity contribution >= 4 is 28.5 Å². The van der Waals surface area contributed by atoms with Crippen LogP contribution in [0.2, 0.25) is 0 Å². The van der Waals surface area contributed by atoms with Crippen LogP contribution in [0.25, 0.3) is 11.0 Å². The monoisotopic (exact) mass is 266 g/mol. The normalized spacial score (nSPS) is 11.4. The van der Waals surface area contributed by atoms with Crippen molar-refractivity contribution in [1.29, 1.82) is 0 Å². The van der Waals surface area contributed by atoms with Crippen LogP contribution in [0.15, 0.2) is 18.6 Å². The van der Waals surface area contributed by atoms with Crippen molar-refractivity contribution in [2.75, 3.05) is 17.3 Å². The predicted molar refractivity (Wildman–Crippen MR) is 76.3 cm³/mol. The first-order valence-corrected chi connectivity index (χ1v) is 6.77. The van der Waals surface area contributed by atoms with Crippen LogP contribution < -0.4 is 4.90 Å². The molecule has 0 spiro atoms. The number of alkyl halides is 1. The fourth-order valence-corrected chi connectivity index (χ4v) is 2.22. The van der Waals surface area contributed by atoms with Crippen LogP contribution in [-0.4, -0.2) is 33.0 Å². The SMILES string of the molecule is CC(C)N(CCCCl)c1nccc2c1ncn2C. The van der Waals surface area contributed by atoms with Gasteiger partial charge in [0.1, 0.15) is 5.52 Å². The maximum absolute atomic E-state index is 5.79. The summed E-state index contributed by atoms with van der Waals surface area (Å²) >= 11 is 5.79. The lowest BCUT2D eigenvalue weighted by atomic mass is 10.2. The number of hydrogen-bond acceptors (Lipinski definition) is 3. The minimum Gasteiger partial charge on any atom is -0.352 e. The van der Waals surface area contributed by atoms with E-state index in [0.29, 0.717) is 11.9 Å². The fraction of sp³-hybridized carbons (Fsp3) is 0.538. The Bertz CT molecular complexity index is 521. The van der Waals surface area contributed by atoms with Gasteiger partial charge in [-0.3, -0.25) is 0 Å². The zero-order chi connectivity index (χ0) is 13.1. The van der Waals surface area contributed by atoms with Crippen LogP contribution in [0.3, 0.4) is 0 Å². The molecule has 0 aliphatic rings. The number of halogens is 1. The smallest absolute Gasteiger partial charge is 0.156 e. The molecule has 0 fully saturated rings. The van der Waals surface area contributed by atoms with Gasteiger partial charge in [-0.1, -0.05) is 0 Å². The molecule has 0 bridgehead atoms. The summed E-state index contributed by atoms with van der Waals surface area (Å²) in [6, 6.07) is 2.37. The summed E-state index contributed by atoms with van der Waals surface area (Å²) in [5.74, 6) is 1.62. The van der Waals surface area contributed by atoms with Crippen LogP contribution >= 0.6 is 11.6 Å². The number of rotatable bonds is 5. The average Bonchev–Trinajstić information content (AvgIpc) is 2.72. The van der Waals surface area contributed by atoms with Crippen molar-refractivity contribution < 1.29 is 0 Å². The largest absolute Gasteiger partial charge is 0.352 e. The van der Waals surface area contributed by atoms with E-state index in [0.717, 1.165) is 29.8 Å². The van der Waals surface area contributed by atoms with E-state index in [1.165, 1.54) is 0 Å². The highest BCUT2D eigenvalue weighted by Crippen LogP contribution is 2.24. The Morgan fingerprint density at radius 2 is 2.17 bits per heavy atom. The van der Waals surface area contributed by atoms with Gasteiger partial charge in [-0.15, -0.1) is 11.6 Å². The quantitative estimate of drug-likeness (QED) is 0.781. The van der Waals surface area contributed by atoms with Gasteiger partial charge in [0.25, 0.3) is 0 Å². The van der Waals surface area contributed by atoms with Crippen LogP contribution in [0, 0.1) is 0 Å². The van der Waals surface area contributed by atoms with E-state index in [1.807, 2.05) is 30.2 Å². The highest BCUT2D eigenvalue weighted by Gasteiger charge is 2.16. The molecule has 0 N–H and O–H groups in total. The maximum atomic E-state index is 5.79. The Labute approximate surface area is 113 Å². The summed E-state index contributed by atoms with van der Waals surface area (Å²) in [6.45, 7) is 5.24. The number of nitrogens with zero attached hydrogens (tertiary/aromatic N) is 4. The molecular formula is C13H19ClN4. The lowest BCUT2D eigenvalue weighted by molar-refractivity contribution is 0.666. The van der Waals surface area contributed by atoms with Gasteiger partial charge < -0.3 is 9.47 Å². The summed E-state index contributed by atoms with van der Waals surface area (Å²) in [5.41, 5.74) is 2.07. The molecule has 18 heavy (non-hydrogen) atoms.